The van der Waals surface area contributed by atoms with E-state index in [4.69, 9.17) is 5.73 Å². The number of aromatic nitrogens is 5. The van der Waals surface area contributed by atoms with Crippen LogP contribution in [0.1, 0.15) is 34.9 Å². The van der Waals surface area contributed by atoms with Gasteiger partial charge in [0.05, 0.1) is 12.2 Å². The van der Waals surface area contributed by atoms with E-state index in [2.05, 4.69) is 25.4 Å². The van der Waals surface area contributed by atoms with E-state index in [0.717, 1.165) is 22.6 Å². The highest BCUT2D eigenvalue weighted by molar-refractivity contribution is 7.13. The van der Waals surface area contributed by atoms with E-state index in [1.807, 2.05) is 26.2 Å². The van der Waals surface area contributed by atoms with Gasteiger partial charge in [0, 0.05) is 23.2 Å². The molecule has 0 spiro atoms. The van der Waals surface area contributed by atoms with Crippen molar-refractivity contribution in [3.63, 3.8) is 0 Å². The SMILES string of the molecule is Cc1csc(NC(=O)CCc2c(C)nc3nc(CN)nn3c2C)n1. The number of carbonyl (C=O) groups is 1. The number of thiazole rings is 1. The number of fused-ring (bicyclic) bond motifs is 1. The second-order valence-corrected chi connectivity index (χ2v) is 6.41. The summed E-state index contributed by atoms with van der Waals surface area (Å²) in [6.45, 7) is 6.04. The third-order valence-electron chi connectivity index (χ3n) is 3.74. The topological polar surface area (TPSA) is 111 Å². The lowest BCUT2D eigenvalue weighted by molar-refractivity contribution is -0.116. The molecule has 0 aliphatic rings. The van der Waals surface area contributed by atoms with Crippen LogP contribution in [-0.2, 0) is 17.8 Å². The molecule has 3 heterocycles. The van der Waals surface area contributed by atoms with Crippen molar-refractivity contribution in [3.05, 3.63) is 33.8 Å². The molecule has 3 rings (SSSR count). The molecule has 0 aliphatic carbocycles. The van der Waals surface area contributed by atoms with E-state index >= 15 is 0 Å². The zero-order valence-electron chi connectivity index (χ0n) is 13.8. The van der Waals surface area contributed by atoms with E-state index in [0.29, 0.717) is 29.6 Å². The van der Waals surface area contributed by atoms with Crippen LogP contribution in [0, 0.1) is 20.8 Å². The van der Waals surface area contributed by atoms with E-state index in [-0.39, 0.29) is 12.5 Å². The molecular formula is C15H19N7OS. The fourth-order valence-electron chi connectivity index (χ4n) is 2.53. The second kappa shape index (κ2) is 6.62. The maximum atomic E-state index is 12.1. The Morgan fingerprint density at radius 1 is 1.29 bits per heavy atom. The van der Waals surface area contributed by atoms with Crippen molar-refractivity contribution in [1.82, 2.24) is 24.6 Å². The standard InChI is InChI=1S/C15H19N7OS/c1-8-7-24-15(17-8)20-13(23)5-4-11-9(2)18-14-19-12(6-16)21-22(14)10(11)3/h7H,4-6,16H2,1-3H3,(H,17,20,23). The zero-order chi connectivity index (χ0) is 17.3. The molecule has 3 aromatic rings. The van der Waals surface area contributed by atoms with Crippen LogP contribution in [0.3, 0.4) is 0 Å². The van der Waals surface area contributed by atoms with Crippen LogP contribution >= 0.6 is 11.3 Å². The number of nitrogens with one attached hydrogen (secondary N) is 1. The summed E-state index contributed by atoms with van der Waals surface area (Å²) in [5.41, 5.74) is 9.28. The van der Waals surface area contributed by atoms with Gasteiger partial charge >= 0.3 is 0 Å². The largest absolute Gasteiger partial charge is 0.324 e. The average Bonchev–Trinajstić information content (AvgIpc) is 3.13. The molecule has 0 unspecified atom stereocenters. The van der Waals surface area contributed by atoms with Gasteiger partial charge in [-0.15, -0.1) is 16.4 Å². The number of rotatable bonds is 5. The summed E-state index contributed by atoms with van der Waals surface area (Å²) in [6.07, 6.45) is 0.931. The van der Waals surface area contributed by atoms with Crippen molar-refractivity contribution in [1.29, 1.82) is 0 Å². The fourth-order valence-corrected chi connectivity index (χ4v) is 3.23. The zero-order valence-corrected chi connectivity index (χ0v) is 14.6. The third-order valence-corrected chi connectivity index (χ3v) is 4.62. The molecule has 1 amide bonds. The van der Waals surface area contributed by atoms with Crippen molar-refractivity contribution in [3.8, 4) is 0 Å². The molecule has 0 bridgehead atoms. The Balaban J connectivity index is 1.75. The number of amides is 1. The lowest BCUT2D eigenvalue weighted by atomic mass is 10.1. The van der Waals surface area contributed by atoms with Crippen molar-refractivity contribution in [2.45, 2.75) is 40.2 Å². The predicted octanol–water partition coefficient (Wildman–Crippen LogP) is 1.54. The predicted molar refractivity (Wildman–Crippen MR) is 91.9 cm³/mol. The van der Waals surface area contributed by atoms with Gasteiger partial charge in [0.2, 0.25) is 5.91 Å². The monoisotopic (exact) mass is 345 g/mol. The first-order valence-electron chi connectivity index (χ1n) is 7.61. The van der Waals surface area contributed by atoms with Gasteiger partial charge in [-0.1, -0.05) is 0 Å². The molecule has 0 aliphatic heterocycles. The molecular weight excluding hydrogens is 326 g/mol. The highest BCUT2D eigenvalue weighted by atomic mass is 32.1. The molecule has 0 saturated carbocycles. The molecule has 0 atom stereocenters. The molecule has 0 aromatic carbocycles. The minimum absolute atomic E-state index is 0.0653. The van der Waals surface area contributed by atoms with Gasteiger partial charge in [-0.2, -0.15) is 4.98 Å². The molecule has 9 heteroatoms. The number of carbonyl (C=O) groups excluding carboxylic acids is 1. The summed E-state index contributed by atoms with van der Waals surface area (Å²) < 4.78 is 1.69. The Hall–Kier alpha value is -2.39. The van der Waals surface area contributed by atoms with E-state index in [9.17, 15) is 4.79 Å². The average molecular weight is 345 g/mol. The first kappa shape index (κ1) is 16.5. The van der Waals surface area contributed by atoms with Crippen LogP contribution in [0.25, 0.3) is 5.78 Å². The molecule has 0 saturated heterocycles. The lowest BCUT2D eigenvalue weighted by Gasteiger charge is -2.10. The van der Waals surface area contributed by atoms with Crippen LogP contribution in [-0.4, -0.2) is 30.5 Å². The normalized spacial score (nSPS) is 11.2. The van der Waals surface area contributed by atoms with Gasteiger partial charge < -0.3 is 11.1 Å². The van der Waals surface area contributed by atoms with Crippen molar-refractivity contribution in [2.24, 2.45) is 5.73 Å². The van der Waals surface area contributed by atoms with Crippen LogP contribution in [0.4, 0.5) is 5.13 Å². The molecule has 126 valence electrons. The first-order chi connectivity index (χ1) is 11.5. The summed E-state index contributed by atoms with van der Waals surface area (Å²) in [4.78, 5) is 25.1. The molecule has 3 N–H and O–H groups in total. The highest BCUT2D eigenvalue weighted by Gasteiger charge is 2.14. The van der Waals surface area contributed by atoms with Crippen LogP contribution in [0.2, 0.25) is 0 Å². The van der Waals surface area contributed by atoms with Gasteiger partial charge in [0.1, 0.15) is 0 Å². The number of aryl methyl sites for hydroxylation is 3. The minimum atomic E-state index is -0.0653. The summed E-state index contributed by atoms with van der Waals surface area (Å²) in [5, 5.41) is 9.69. The molecule has 3 aromatic heterocycles. The molecule has 8 nitrogen and oxygen atoms in total. The minimum Gasteiger partial charge on any atom is -0.324 e. The Morgan fingerprint density at radius 3 is 2.75 bits per heavy atom. The second-order valence-electron chi connectivity index (χ2n) is 5.55. The van der Waals surface area contributed by atoms with Gasteiger partial charge in [-0.3, -0.25) is 4.79 Å². The van der Waals surface area contributed by atoms with Crippen molar-refractivity contribution in [2.75, 3.05) is 5.32 Å². The number of nitrogens with zero attached hydrogens (tertiary/aromatic N) is 5. The third kappa shape index (κ3) is 3.26. The number of nitrogens with two attached hydrogens (primary N) is 1. The summed E-state index contributed by atoms with van der Waals surface area (Å²) in [5.74, 6) is 1.03. The van der Waals surface area contributed by atoms with Crippen LogP contribution < -0.4 is 11.1 Å². The van der Waals surface area contributed by atoms with Crippen molar-refractivity contribution < 1.29 is 4.79 Å². The van der Waals surface area contributed by atoms with E-state index in [1.54, 1.807) is 4.52 Å². The Morgan fingerprint density at radius 2 is 2.08 bits per heavy atom. The Bertz CT molecular complexity index is 899. The van der Waals surface area contributed by atoms with Crippen LogP contribution in [0.15, 0.2) is 5.38 Å². The van der Waals surface area contributed by atoms with Gasteiger partial charge in [-0.25, -0.2) is 14.5 Å². The van der Waals surface area contributed by atoms with E-state index in [1.165, 1.54) is 11.3 Å². The number of hydrogen-bond acceptors (Lipinski definition) is 7. The molecule has 24 heavy (non-hydrogen) atoms. The van der Waals surface area contributed by atoms with Gasteiger partial charge in [0.15, 0.2) is 11.0 Å². The van der Waals surface area contributed by atoms with E-state index < -0.39 is 0 Å². The Kier molecular flexibility index (Phi) is 4.54. The van der Waals surface area contributed by atoms with Gasteiger partial charge in [-0.05, 0) is 32.8 Å². The summed E-state index contributed by atoms with van der Waals surface area (Å²) in [7, 11) is 0. The smallest absolute Gasteiger partial charge is 0.252 e. The number of anilines is 1. The van der Waals surface area contributed by atoms with Gasteiger partial charge in [0.25, 0.3) is 5.78 Å². The number of hydrogen-bond donors (Lipinski definition) is 2. The quantitative estimate of drug-likeness (QED) is 0.725. The summed E-state index contributed by atoms with van der Waals surface area (Å²) in [6, 6.07) is 0. The molecule has 0 radical (unpaired) electrons. The maximum Gasteiger partial charge on any atom is 0.252 e. The summed E-state index contributed by atoms with van der Waals surface area (Å²) >= 11 is 1.42. The lowest BCUT2D eigenvalue weighted by Crippen LogP contribution is -2.14. The van der Waals surface area contributed by atoms with Crippen LogP contribution in [0.5, 0.6) is 0 Å². The molecule has 0 fully saturated rings. The van der Waals surface area contributed by atoms with Crippen molar-refractivity contribution >= 4 is 28.2 Å². The highest BCUT2D eigenvalue weighted by Crippen LogP contribution is 2.17. The Labute approximate surface area is 143 Å². The first-order valence-corrected chi connectivity index (χ1v) is 8.49. The maximum absolute atomic E-state index is 12.1. The fraction of sp³-hybridized carbons (Fsp3) is 0.400.